The average Bonchev–Trinajstić information content (AvgIpc) is 3.06. The van der Waals surface area contributed by atoms with E-state index in [0.717, 1.165) is 12.8 Å². The first-order valence-corrected chi connectivity index (χ1v) is 12.3. The van der Waals surface area contributed by atoms with Gasteiger partial charge in [0.15, 0.2) is 0 Å². The van der Waals surface area contributed by atoms with Gasteiger partial charge in [-0.2, -0.15) is 0 Å². The van der Waals surface area contributed by atoms with Crippen molar-refractivity contribution < 1.29 is 18.4 Å². The Bertz CT molecular complexity index is 1050. The van der Waals surface area contributed by atoms with Crippen molar-refractivity contribution in [3.8, 4) is 0 Å². The van der Waals surface area contributed by atoms with Crippen LogP contribution in [0.25, 0.3) is 0 Å². The first kappa shape index (κ1) is 24.5. The van der Waals surface area contributed by atoms with Crippen LogP contribution in [0.4, 0.5) is 4.39 Å². The number of hydrogen-bond donors (Lipinski definition) is 0. The van der Waals surface area contributed by atoms with Crippen molar-refractivity contribution in [3.05, 3.63) is 59.3 Å². The zero-order valence-electron chi connectivity index (χ0n) is 21.2. The molecule has 1 aliphatic heterocycles. The third-order valence-corrected chi connectivity index (χ3v) is 8.96. The van der Waals surface area contributed by atoms with Crippen molar-refractivity contribution in [2.45, 2.75) is 59.9 Å². The monoisotopic (exact) mass is 468 g/mol. The number of carbonyl (C=O) groups is 2. The lowest BCUT2D eigenvalue weighted by Crippen LogP contribution is -2.49. The quantitative estimate of drug-likeness (QED) is 0.576. The van der Waals surface area contributed by atoms with E-state index in [0.29, 0.717) is 36.4 Å². The number of furan rings is 1. The largest absolute Gasteiger partial charge is 0.469 e. The first-order valence-electron chi connectivity index (χ1n) is 12.3. The van der Waals surface area contributed by atoms with E-state index in [1.54, 1.807) is 37.1 Å². The maximum absolute atomic E-state index is 14.6. The molecule has 2 heterocycles. The molecule has 0 spiro atoms. The lowest BCUT2D eigenvalue weighted by Gasteiger charge is -2.40. The Morgan fingerprint density at radius 3 is 2.26 bits per heavy atom. The number of amides is 2. The molecule has 0 bridgehead atoms. The predicted molar refractivity (Wildman–Crippen MR) is 130 cm³/mol. The second-order valence-electron chi connectivity index (χ2n) is 11.2. The minimum atomic E-state index is -0.251. The van der Waals surface area contributed by atoms with Gasteiger partial charge in [0.05, 0.1) is 11.8 Å². The van der Waals surface area contributed by atoms with Crippen molar-refractivity contribution in [2.24, 2.45) is 22.7 Å². The third-order valence-electron chi connectivity index (χ3n) is 8.96. The highest BCUT2D eigenvalue weighted by molar-refractivity contribution is 5.95. The van der Waals surface area contributed by atoms with Gasteiger partial charge in [-0.05, 0) is 60.6 Å². The number of rotatable bonds is 6. The zero-order chi connectivity index (χ0) is 24.8. The van der Waals surface area contributed by atoms with Crippen LogP contribution in [0.2, 0.25) is 0 Å². The molecular weight excluding hydrogens is 431 g/mol. The van der Waals surface area contributed by atoms with Crippen LogP contribution in [-0.4, -0.2) is 47.8 Å². The lowest BCUT2D eigenvalue weighted by molar-refractivity contribution is -0.135. The van der Waals surface area contributed by atoms with E-state index in [9.17, 15) is 14.0 Å². The predicted octanol–water partition coefficient (Wildman–Crippen LogP) is 5.33. The van der Waals surface area contributed by atoms with Crippen LogP contribution in [0.3, 0.4) is 0 Å². The van der Waals surface area contributed by atoms with Gasteiger partial charge >= 0.3 is 0 Å². The number of halogens is 1. The molecule has 0 radical (unpaired) electrons. The fraction of sp³-hybridized carbons (Fsp3) is 0.571. The summed E-state index contributed by atoms with van der Waals surface area (Å²) in [5.74, 6) is 0.685. The molecule has 1 atom stereocenters. The Hall–Kier alpha value is -2.63. The van der Waals surface area contributed by atoms with E-state index in [1.807, 2.05) is 11.0 Å². The average molecular weight is 469 g/mol. The van der Waals surface area contributed by atoms with Gasteiger partial charge in [-0.3, -0.25) is 9.59 Å². The van der Waals surface area contributed by atoms with Crippen LogP contribution in [0.15, 0.2) is 41.0 Å². The molecular formula is C28H37FN2O3. The smallest absolute Gasteiger partial charge is 0.257 e. The topological polar surface area (TPSA) is 53.8 Å². The molecule has 2 fully saturated rings. The number of nitrogens with zero attached hydrogens (tertiary/aromatic N) is 2. The molecule has 2 aliphatic rings. The van der Waals surface area contributed by atoms with Gasteiger partial charge in [0.1, 0.15) is 11.6 Å². The summed E-state index contributed by atoms with van der Waals surface area (Å²) >= 11 is 0. The second-order valence-corrected chi connectivity index (χ2v) is 11.2. The van der Waals surface area contributed by atoms with Crippen molar-refractivity contribution in [3.63, 3.8) is 0 Å². The molecule has 1 aliphatic carbocycles. The van der Waals surface area contributed by atoms with Crippen molar-refractivity contribution >= 4 is 11.8 Å². The van der Waals surface area contributed by atoms with Crippen LogP contribution < -0.4 is 0 Å². The van der Waals surface area contributed by atoms with Gasteiger partial charge < -0.3 is 14.2 Å². The molecule has 5 nitrogen and oxygen atoms in total. The summed E-state index contributed by atoms with van der Waals surface area (Å²) in [6.07, 6.45) is 3.54. The zero-order valence-corrected chi connectivity index (χ0v) is 21.2. The molecule has 2 aromatic rings. The second kappa shape index (κ2) is 8.86. The van der Waals surface area contributed by atoms with Gasteiger partial charge in [0, 0.05) is 32.1 Å². The highest BCUT2D eigenvalue weighted by atomic mass is 19.1. The molecule has 6 heteroatoms. The molecule has 4 rings (SSSR count). The normalized spacial score (nSPS) is 20.7. The molecule has 1 aromatic heterocycles. The fourth-order valence-electron chi connectivity index (χ4n) is 5.96. The van der Waals surface area contributed by atoms with Gasteiger partial charge in [-0.15, -0.1) is 0 Å². The van der Waals surface area contributed by atoms with Gasteiger partial charge in [-0.25, -0.2) is 4.39 Å². The maximum atomic E-state index is 14.6. The van der Waals surface area contributed by atoms with E-state index in [2.05, 4.69) is 27.7 Å². The summed E-state index contributed by atoms with van der Waals surface area (Å²) in [6.45, 7) is 11.8. The van der Waals surface area contributed by atoms with Crippen LogP contribution in [-0.2, 0) is 11.2 Å². The number of likely N-dealkylation sites (tertiary alicyclic amines) is 1. The molecule has 0 unspecified atom stereocenters. The molecule has 184 valence electrons. The Morgan fingerprint density at radius 1 is 1.12 bits per heavy atom. The molecule has 1 saturated heterocycles. The fourth-order valence-corrected chi connectivity index (χ4v) is 5.96. The number of likely N-dealkylation sites (N-methyl/N-ethyl adjacent to an activating group) is 1. The summed E-state index contributed by atoms with van der Waals surface area (Å²) in [7, 11) is 1.80. The minimum Gasteiger partial charge on any atom is -0.469 e. The Balaban J connectivity index is 1.51. The van der Waals surface area contributed by atoms with Crippen LogP contribution >= 0.6 is 0 Å². The van der Waals surface area contributed by atoms with Crippen LogP contribution in [0.1, 0.15) is 62.2 Å². The molecule has 1 aromatic carbocycles. The summed E-state index contributed by atoms with van der Waals surface area (Å²) in [6, 6.07) is 8.29. The Labute approximate surface area is 202 Å². The highest BCUT2D eigenvalue weighted by Gasteiger charge is 2.68. The summed E-state index contributed by atoms with van der Waals surface area (Å²) in [5.41, 5.74) is 1.18. The van der Waals surface area contributed by atoms with Gasteiger partial charge in [0.2, 0.25) is 5.91 Å². The number of carbonyl (C=O) groups excluding carboxylic acids is 2. The van der Waals surface area contributed by atoms with Crippen LogP contribution in [0.5, 0.6) is 0 Å². The summed E-state index contributed by atoms with van der Waals surface area (Å²) < 4.78 is 19.9. The van der Waals surface area contributed by atoms with E-state index in [-0.39, 0.29) is 46.3 Å². The number of piperidine rings is 1. The van der Waals surface area contributed by atoms with Gasteiger partial charge in [-0.1, -0.05) is 45.9 Å². The van der Waals surface area contributed by atoms with Gasteiger partial charge in [0.25, 0.3) is 5.91 Å². The van der Waals surface area contributed by atoms with Crippen molar-refractivity contribution in [1.82, 2.24) is 9.80 Å². The molecule has 1 saturated carbocycles. The first-order chi connectivity index (χ1) is 16.0. The number of benzene rings is 1. The number of aryl methyl sites for hydroxylation is 1. The molecule has 0 N–H and O–H groups in total. The van der Waals surface area contributed by atoms with Crippen molar-refractivity contribution in [1.29, 1.82) is 0 Å². The standard InChI is InChI=1S/C28H37FN2O3/c1-18-21(13-16-34-18)25(32)30(6)23(17-20-9-7-8-10-22(20)29)19-11-14-31(15-12-19)26(33)24-27(2,3)28(24,4)5/h7-10,13,16,19,23-24H,11-12,14-15,17H2,1-6H3/t23-/m0/s1. The Kier molecular flexibility index (Phi) is 6.38. The van der Waals surface area contributed by atoms with E-state index in [1.165, 1.54) is 12.3 Å². The minimum absolute atomic E-state index is 0.0173. The number of hydrogen-bond acceptors (Lipinski definition) is 3. The Morgan fingerprint density at radius 2 is 1.74 bits per heavy atom. The molecule has 2 amide bonds. The molecule has 34 heavy (non-hydrogen) atoms. The van der Waals surface area contributed by atoms with E-state index < -0.39 is 0 Å². The summed E-state index contributed by atoms with van der Waals surface area (Å²) in [5, 5.41) is 0. The lowest BCUT2D eigenvalue weighted by atomic mass is 9.84. The highest BCUT2D eigenvalue weighted by Crippen LogP contribution is 2.68. The third kappa shape index (κ3) is 4.16. The van der Waals surface area contributed by atoms with E-state index in [4.69, 9.17) is 4.42 Å². The van der Waals surface area contributed by atoms with E-state index >= 15 is 0 Å². The SMILES string of the molecule is Cc1occc1C(=O)N(C)[C@@H](Cc1ccccc1F)C1CCN(C(=O)C2C(C)(C)C2(C)C)CC1. The van der Waals surface area contributed by atoms with Crippen molar-refractivity contribution in [2.75, 3.05) is 20.1 Å². The maximum Gasteiger partial charge on any atom is 0.257 e. The van der Waals surface area contributed by atoms with Crippen LogP contribution in [0, 0.1) is 35.4 Å². The summed E-state index contributed by atoms with van der Waals surface area (Å²) in [4.78, 5) is 30.3.